The summed E-state index contributed by atoms with van der Waals surface area (Å²) in [4.78, 5) is 15.2. The van der Waals surface area contributed by atoms with E-state index in [1.165, 1.54) is 12.0 Å². The summed E-state index contributed by atoms with van der Waals surface area (Å²) in [5.41, 5.74) is 1.95. The van der Waals surface area contributed by atoms with E-state index < -0.39 is 0 Å². The molecule has 1 spiro atoms. The van der Waals surface area contributed by atoms with Crippen LogP contribution >= 0.6 is 0 Å². The molecule has 0 aromatic carbocycles. The zero-order chi connectivity index (χ0) is 15.7. The maximum atomic E-state index is 13.1. The third kappa shape index (κ3) is 2.45. The van der Waals surface area contributed by atoms with E-state index in [1.807, 2.05) is 11.7 Å². The van der Waals surface area contributed by atoms with Crippen LogP contribution in [-0.2, 0) is 18.3 Å². The highest BCUT2D eigenvalue weighted by molar-refractivity contribution is 5.89. The van der Waals surface area contributed by atoms with E-state index in [1.54, 1.807) is 0 Å². The topological polar surface area (TPSA) is 50.2 Å². The second-order valence-electron chi connectivity index (χ2n) is 6.75. The molecule has 2 heterocycles. The first-order valence-corrected chi connectivity index (χ1v) is 8.72. The number of hydrogen-bond donors (Lipinski definition) is 1. The van der Waals surface area contributed by atoms with E-state index in [0.717, 1.165) is 50.8 Å². The SMILES string of the molecule is CCCN1C(=O)C2(CCCCC2)N[C@H]1c1cn(C)nc1CC. The molecule has 122 valence electrons. The Kier molecular flexibility index (Phi) is 4.26. The molecular formula is C17H28N4O. The molecule has 1 aromatic heterocycles. The van der Waals surface area contributed by atoms with Crippen molar-refractivity contribution in [3.05, 3.63) is 17.5 Å². The first-order valence-electron chi connectivity index (χ1n) is 8.72. The van der Waals surface area contributed by atoms with Crippen molar-refractivity contribution in [3.63, 3.8) is 0 Å². The van der Waals surface area contributed by atoms with Crippen molar-refractivity contribution in [2.75, 3.05) is 6.54 Å². The largest absolute Gasteiger partial charge is 0.321 e. The fourth-order valence-corrected chi connectivity index (χ4v) is 4.08. The van der Waals surface area contributed by atoms with E-state index >= 15 is 0 Å². The molecule has 0 unspecified atom stereocenters. The lowest BCUT2D eigenvalue weighted by molar-refractivity contribution is -0.134. The summed E-state index contributed by atoms with van der Waals surface area (Å²) >= 11 is 0. The molecule has 1 aromatic rings. The number of aryl methyl sites for hydroxylation is 2. The van der Waals surface area contributed by atoms with Crippen molar-refractivity contribution in [2.45, 2.75) is 70.5 Å². The van der Waals surface area contributed by atoms with E-state index in [0.29, 0.717) is 5.91 Å². The van der Waals surface area contributed by atoms with Crippen LogP contribution in [0.2, 0.25) is 0 Å². The minimum Gasteiger partial charge on any atom is -0.321 e. The Morgan fingerprint density at radius 1 is 1.32 bits per heavy atom. The molecule has 2 aliphatic rings. The molecule has 0 bridgehead atoms. The van der Waals surface area contributed by atoms with Gasteiger partial charge in [0.1, 0.15) is 6.17 Å². The van der Waals surface area contributed by atoms with Gasteiger partial charge in [0, 0.05) is 25.4 Å². The Morgan fingerprint density at radius 3 is 2.68 bits per heavy atom. The second-order valence-corrected chi connectivity index (χ2v) is 6.75. The maximum absolute atomic E-state index is 13.1. The van der Waals surface area contributed by atoms with Crippen LogP contribution in [0.5, 0.6) is 0 Å². The van der Waals surface area contributed by atoms with Crippen LogP contribution < -0.4 is 5.32 Å². The van der Waals surface area contributed by atoms with Gasteiger partial charge in [0.25, 0.3) is 0 Å². The number of aromatic nitrogens is 2. The average Bonchev–Trinajstić information content (AvgIpc) is 3.02. The summed E-state index contributed by atoms with van der Waals surface area (Å²) in [5, 5.41) is 8.28. The lowest BCUT2D eigenvalue weighted by atomic mass is 9.81. The van der Waals surface area contributed by atoms with Crippen LogP contribution in [0.15, 0.2) is 6.20 Å². The maximum Gasteiger partial charge on any atom is 0.244 e. The first kappa shape index (κ1) is 15.5. The molecule has 1 N–H and O–H groups in total. The Balaban J connectivity index is 1.96. The predicted molar refractivity (Wildman–Crippen MR) is 86.3 cm³/mol. The summed E-state index contributed by atoms with van der Waals surface area (Å²) in [5.74, 6) is 0.310. The lowest BCUT2D eigenvalue weighted by Gasteiger charge is -2.31. The number of carbonyl (C=O) groups is 1. The van der Waals surface area contributed by atoms with Crippen LogP contribution in [0.4, 0.5) is 0 Å². The highest BCUT2D eigenvalue weighted by atomic mass is 16.2. The monoisotopic (exact) mass is 304 g/mol. The second kappa shape index (κ2) is 6.03. The first-order chi connectivity index (χ1) is 10.6. The third-order valence-corrected chi connectivity index (χ3v) is 5.13. The van der Waals surface area contributed by atoms with E-state index in [2.05, 4.69) is 35.4 Å². The molecular weight excluding hydrogens is 276 g/mol. The Bertz CT molecular complexity index is 545. The molecule has 5 nitrogen and oxygen atoms in total. The number of nitrogens with one attached hydrogen (secondary N) is 1. The number of amides is 1. The summed E-state index contributed by atoms with van der Waals surface area (Å²) in [6.45, 7) is 5.08. The number of carbonyl (C=O) groups excluding carboxylic acids is 1. The van der Waals surface area contributed by atoms with Gasteiger partial charge in [0.2, 0.25) is 5.91 Å². The standard InChI is InChI=1S/C17H28N4O/c1-4-11-21-15(13-12-20(3)19-14(13)5-2)18-17(16(21)22)9-7-6-8-10-17/h12,15,18H,4-11H2,1-3H3/t15-/m1/s1. The van der Waals surface area contributed by atoms with Gasteiger partial charge >= 0.3 is 0 Å². The molecule has 5 heteroatoms. The molecule has 3 rings (SSSR count). The molecule has 1 aliphatic carbocycles. The third-order valence-electron chi connectivity index (χ3n) is 5.13. The van der Waals surface area contributed by atoms with E-state index in [4.69, 9.17) is 0 Å². The number of hydrogen-bond acceptors (Lipinski definition) is 3. The van der Waals surface area contributed by atoms with Gasteiger partial charge < -0.3 is 4.90 Å². The van der Waals surface area contributed by atoms with Gasteiger partial charge in [-0.05, 0) is 25.7 Å². The van der Waals surface area contributed by atoms with Crippen LogP contribution in [0.1, 0.15) is 69.8 Å². The predicted octanol–water partition coefficient (Wildman–Crippen LogP) is 2.53. The molecule has 1 amide bonds. The summed E-state index contributed by atoms with van der Waals surface area (Å²) < 4.78 is 1.87. The van der Waals surface area contributed by atoms with Gasteiger partial charge in [-0.1, -0.05) is 33.1 Å². The van der Waals surface area contributed by atoms with Crippen LogP contribution in [0.3, 0.4) is 0 Å². The lowest BCUT2D eigenvalue weighted by Crippen LogP contribution is -2.48. The van der Waals surface area contributed by atoms with Gasteiger partial charge in [-0.15, -0.1) is 0 Å². The normalized spacial score (nSPS) is 24.4. The smallest absolute Gasteiger partial charge is 0.244 e. The molecule has 2 fully saturated rings. The van der Waals surface area contributed by atoms with Crippen LogP contribution in [-0.4, -0.2) is 32.7 Å². The van der Waals surface area contributed by atoms with Crippen LogP contribution in [0.25, 0.3) is 0 Å². The minimum absolute atomic E-state index is 0.00537. The minimum atomic E-state index is -0.320. The van der Waals surface area contributed by atoms with Crippen LogP contribution in [0, 0.1) is 0 Å². The molecule has 1 atom stereocenters. The van der Waals surface area contributed by atoms with Gasteiger partial charge in [0.05, 0.1) is 11.2 Å². The molecule has 1 aliphatic heterocycles. The fraction of sp³-hybridized carbons (Fsp3) is 0.765. The van der Waals surface area contributed by atoms with Crippen molar-refractivity contribution in [1.82, 2.24) is 20.0 Å². The summed E-state index contributed by atoms with van der Waals surface area (Å²) in [6, 6.07) is 0. The quantitative estimate of drug-likeness (QED) is 0.930. The van der Waals surface area contributed by atoms with Crippen molar-refractivity contribution < 1.29 is 4.79 Å². The zero-order valence-electron chi connectivity index (χ0n) is 14.1. The Morgan fingerprint density at radius 2 is 2.05 bits per heavy atom. The highest BCUT2D eigenvalue weighted by Crippen LogP contribution is 2.40. The number of rotatable bonds is 4. The molecule has 1 saturated carbocycles. The van der Waals surface area contributed by atoms with Gasteiger partial charge in [-0.2, -0.15) is 5.10 Å². The average molecular weight is 304 g/mol. The van der Waals surface area contributed by atoms with E-state index in [9.17, 15) is 4.79 Å². The zero-order valence-corrected chi connectivity index (χ0v) is 14.1. The van der Waals surface area contributed by atoms with Gasteiger partial charge in [-0.3, -0.25) is 14.8 Å². The molecule has 22 heavy (non-hydrogen) atoms. The summed E-state index contributed by atoms with van der Waals surface area (Å²) in [7, 11) is 1.96. The highest BCUT2D eigenvalue weighted by Gasteiger charge is 2.51. The number of nitrogens with zero attached hydrogens (tertiary/aromatic N) is 3. The Hall–Kier alpha value is -1.36. The Labute approximate surface area is 133 Å². The summed E-state index contributed by atoms with van der Waals surface area (Å²) in [6.07, 6.45) is 9.47. The van der Waals surface area contributed by atoms with Crippen molar-refractivity contribution in [1.29, 1.82) is 0 Å². The van der Waals surface area contributed by atoms with Crippen molar-refractivity contribution in [2.24, 2.45) is 7.05 Å². The van der Waals surface area contributed by atoms with E-state index in [-0.39, 0.29) is 11.7 Å². The van der Waals surface area contributed by atoms with Gasteiger partial charge in [-0.25, -0.2) is 0 Å². The van der Waals surface area contributed by atoms with Crippen molar-refractivity contribution >= 4 is 5.91 Å². The van der Waals surface area contributed by atoms with Gasteiger partial charge in [0.15, 0.2) is 0 Å². The molecule has 1 saturated heterocycles. The molecule has 0 radical (unpaired) electrons. The fourth-order valence-electron chi connectivity index (χ4n) is 4.08. The van der Waals surface area contributed by atoms with Crippen molar-refractivity contribution in [3.8, 4) is 0 Å².